The van der Waals surface area contributed by atoms with Crippen molar-refractivity contribution in [3.63, 3.8) is 0 Å². The van der Waals surface area contributed by atoms with E-state index in [-0.39, 0.29) is 11.8 Å². The van der Waals surface area contributed by atoms with Gasteiger partial charge >= 0.3 is 0 Å². The second kappa shape index (κ2) is 7.33. The van der Waals surface area contributed by atoms with Crippen LogP contribution in [0.4, 0.5) is 0 Å². The summed E-state index contributed by atoms with van der Waals surface area (Å²) in [6.07, 6.45) is 4.01. The zero-order valence-electron chi connectivity index (χ0n) is 11.7. The zero-order chi connectivity index (χ0) is 14.4. The largest absolute Gasteiger partial charge is 0.354 e. The van der Waals surface area contributed by atoms with Crippen LogP contribution in [0.3, 0.4) is 0 Å². The van der Waals surface area contributed by atoms with E-state index in [9.17, 15) is 9.59 Å². The maximum Gasteiger partial charge on any atom is 0.224 e. The second-order valence-corrected chi connectivity index (χ2v) is 5.74. The lowest BCUT2D eigenvalue weighted by Crippen LogP contribution is -2.36. The first-order chi connectivity index (χ1) is 9.69. The summed E-state index contributed by atoms with van der Waals surface area (Å²) in [6.45, 7) is 1.98. The number of likely N-dealkylation sites (tertiary alicyclic amines) is 1. The molecule has 5 heteroatoms. The van der Waals surface area contributed by atoms with Crippen LogP contribution < -0.4 is 5.32 Å². The van der Waals surface area contributed by atoms with Crippen LogP contribution in [0.5, 0.6) is 0 Å². The molecule has 4 nitrogen and oxygen atoms in total. The topological polar surface area (TPSA) is 49.4 Å². The van der Waals surface area contributed by atoms with Crippen LogP contribution in [0.25, 0.3) is 0 Å². The standard InChI is InChI=1S/C15H20N2O2S/c1-20-13-6-4-12(5-7-13)11-14(18)16-8-10-17-9-2-3-15(17)19/h4-7H,2-3,8-11H2,1H3,(H,16,18). The Morgan fingerprint density at radius 1 is 1.35 bits per heavy atom. The summed E-state index contributed by atoms with van der Waals surface area (Å²) in [4.78, 5) is 26.2. The summed E-state index contributed by atoms with van der Waals surface area (Å²) in [5.74, 6) is 0.209. The quantitative estimate of drug-likeness (QED) is 0.812. The summed E-state index contributed by atoms with van der Waals surface area (Å²) < 4.78 is 0. The van der Waals surface area contributed by atoms with Gasteiger partial charge in [0, 0.05) is 31.0 Å². The van der Waals surface area contributed by atoms with Gasteiger partial charge in [0.25, 0.3) is 0 Å². The monoisotopic (exact) mass is 292 g/mol. The first kappa shape index (κ1) is 14.9. The minimum atomic E-state index is 0.00791. The number of hydrogen-bond donors (Lipinski definition) is 1. The molecule has 0 saturated carbocycles. The maximum atomic E-state index is 11.8. The van der Waals surface area contributed by atoms with Crippen LogP contribution in [0.1, 0.15) is 18.4 Å². The number of carbonyl (C=O) groups is 2. The van der Waals surface area contributed by atoms with Gasteiger partial charge in [-0.05, 0) is 30.4 Å². The Morgan fingerprint density at radius 2 is 2.10 bits per heavy atom. The highest BCUT2D eigenvalue weighted by Crippen LogP contribution is 2.15. The third-order valence-corrected chi connectivity index (χ3v) is 4.14. The Bertz CT molecular complexity index is 473. The molecule has 1 aromatic carbocycles. The third-order valence-electron chi connectivity index (χ3n) is 3.40. The fourth-order valence-corrected chi connectivity index (χ4v) is 2.67. The molecule has 0 bridgehead atoms. The van der Waals surface area contributed by atoms with Gasteiger partial charge in [-0.2, -0.15) is 0 Å². The summed E-state index contributed by atoms with van der Waals surface area (Å²) in [6, 6.07) is 8.01. The lowest BCUT2D eigenvalue weighted by atomic mass is 10.1. The van der Waals surface area contributed by atoms with Crippen LogP contribution in [0.15, 0.2) is 29.2 Å². The molecule has 1 aliphatic heterocycles. The summed E-state index contributed by atoms with van der Waals surface area (Å²) >= 11 is 1.69. The van der Waals surface area contributed by atoms with Gasteiger partial charge in [-0.3, -0.25) is 9.59 Å². The van der Waals surface area contributed by atoms with Crippen molar-refractivity contribution in [1.29, 1.82) is 0 Å². The highest BCUT2D eigenvalue weighted by atomic mass is 32.2. The SMILES string of the molecule is CSc1ccc(CC(=O)NCCN2CCCC2=O)cc1. The van der Waals surface area contributed by atoms with Crippen molar-refractivity contribution in [1.82, 2.24) is 10.2 Å². The van der Waals surface area contributed by atoms with Gasteiger partial charge in [-0.15, -0.1) is 11.8 Å². The van der Waals surface area contributed by atoms with E-state index in [4.69, 9.17) is 0 Å². The molecular formula is C15H20N2O2S. The summed E-state index contributed by atoms with van der Waals surface area (Å²) in [7, 11) is 0. The average molecular weight is 292 g/mol. The molecule has 2 rings (SSSR count). The van der Waals surface area contributed by atoms with Crippen molar-refractivity contribution in [3.05, 3.63) is 29.8 Å². The number of carbonyl (C=O) groups excluding carboxylic acids is 2. The number of nitrogens with zero attached hydrogens (tertiary/aromatic N) is 1. The average Bonchev–Trinajstić information content (AvgIpc) is 2.85. The lowest BCUT2D eigenvalue weighted by molar-refractivity contribution is -0.128. The molecule has 0 unspecified atom stereocenters. The number of nitrogens with one attached hydrogen (secondary N) is 1. The number of benzene rings is 1. The van der Waals surface area contributed by atoms with E-state index >= 15 is 0 Å². The molecule has 2 amide bonds. The van der Waals surface area contributed by atoms with Gasteiger partial charge in [0.1, 0.15) is 0 Å². The van der Waals surface area contributed by atoms with E-state index in [1.807, 2.05) is 35.4 Å². The lowest BCUT2D eigenvalue weighted by Gasteiger charge is -2.15. The zero-order valence-corrected chi connectivity index (χ0v) is 12.5. The van der Waals surface area contributed by atoms with Crippen molar-refractivity contribution in [2.75, 3.05) is 25.9 Å². The van der Waals surface area contributed by atoms with Gasteiger partial charge in [-0.1, -0.05) is 12.1 Å². The van der Waals surface area contributed by atoms with Gasteiger partial charge in [0.15, 0.2) is 0 Å². The van der Waals surface area contributed by atoms with E-state index in [1.165, 1.54) is 4.90 Å². The molecule has 0 radical (unpaired) electrons. The minimum absolute atomic E-state index is 0.00791. The first-order valence-electron chi connectivity index (χ1n) is 6.86. The Labute approximate surface area is 123 Å². The third kappa shape index (κ3) is 4.27. The highest BCUT2D eigenvalue weighted by molar-refractivity contribution is 7.98. The van der Waals surface area contributed by atoms with Crippen LogP contribution in [-0.4, -0.2) is 42.6 Å². The second-order valence-electron chi connectivity index (χ2n) is 4.86. The molecule has 1 fully saturated rings. The Balaban J connectivity index is 1.70. The van der Waals surface area contributed by atoms with Crippen molar-refractivity contribution >= 4 is 23.6 Å². The normalized spacial score (nSPS) is 14.7. The van der Waals surface area contributed by atoms with E-state index in [0.29, 0.717) is 25.9 Å². The van der Waals surface area contributed by atoms with Crippen LogP contribution >= 0.6 is 11.8 Å². The summed E-state index contributed by atoms with van der Waals surface area (Å²) in [5.41, 5.74) is 1.01. The molecule has 20 heavy (non-hydrogen) atoms. The fourth-order valence-electron chi connectivity index (χ4n) is 2.26. The van der Waals surface area contributed by atoms with Crippen LogP contribution in [0.2, 0.25) is 0 Å². The molecule has 1 aromatic rings. The van der Waals surface area contributed by atoms with Gasteiger partial charge < -0.3 is 10.2 Å². The number of rotatable bonds is 6. The molecular weight excluding hydrogens is 272 g/mol. The minimum Gasteiger partial charge on any atom is -0.354 e. The Kier molecular flexibility index (Phi) is 5.47. The molecule has 0 spiro atoms. The number of amides is 2. The van der Waals surface area contributed by atoms with Crippen molar-refractivity contribution < 1.29 is 9.59 Å². The molecule has 1 N–H and O–H groups in total. The number of hydrogen-bond acceptors (Lipinski definition) is 3. The van der Waals surface area contributed by atoms with E-state index in [0.717, 1.165) is 18.5 Å². The number of thioether (sulfide) groups is 1. The molecule has 1 saturated heterocycles. The van der Waals surface area contributed by atoms with Crippen LogP contribution in [-0.2, 0) is 16.0 Å². The molecule has 1 aliphatic rings. The molecule has 0 atom stereocenters. The van der Waals surface area contributed by atoms with E-state index < -0.39 is 0 Å². The predicted molar refractivity (Wildman–Crippen MR) is 80.8 cm³/mol. The molecule has 0 aliphatic carbocycles. The first-order valence-corrected chi connectivity index (χ1v) is 8.09. The Morgan fingerprint density at radius 3 is 2.70 bits per heavy atom. The Hall–Kier alpha value is -1.49. The molecule has 1 heterocycles. The molecule has 108 valence electrons. The van der Waals surface area contributed by atoms with Crippen LogP contribution in [0, 0.1) is 0 Å². The van der Waals surface area contributed by atoms with Gasteiger partial charge in [0.05, 0.1) is 6.42 Å². The maximum absolute atomic E-state index is 11.8. The predicted octanol–water partition coefficient (Wildman–Crippen LogP) is 1.69. The van der Waals surface area contributed by atoms with Gasteiger partial charge in [-0.25, -0.2) is 0 Å². The highest BCUT2D eigenvalue weighted by Gasteiger charge is 2.19. The smallest absolute Gasteiger partial charge is 0.224 e. The van der Waals surface area contributed by atoms with Gasteiger partial charge in [0.2, 0.25) is 11.8 Å². The van der Waals surface area contributed by atoms with Crippen molar-refractivity contribution in [2.45, 2.75) is 24.2 Å². The van der Waals surface area contributed by atoms with E-state index in [1.54, 1.807) is 11.8 Å². The van der Waals surface area contributed by atoms with E-state index in [2.05, 4.69) is 5.32 Å². The molecule has 0 aromatic heterocycles. The summed E-state index contributed by atoms with van der Waals surface area (Å²) in [5, 5.41) is 2.87. The van der Waals surface area contributed by atoms with Crippen molar-refractivity contribution in [3.8, 4) is 0 Å². The van der Waals surface area contributed by atoms with Crippen molar-refractivity contribution in [2.24, 2.45) is 0 Å². The fraction of sp³-hybridized carbons (Fsp3) is 0.467.